The molecule has 1 aliphatic carbocycles. The first-order valence-corrected chi connectivity index (χ1v) is 5.43. The molecule has 0 bridgehead atoms. The van der Waals surface area contributed by atoms with E-state index in [1.165, 1.54) is 19.3 Å². The Kier molecular flexibility index (Phi) is 3.74. The van der Waals surface area contributed by atoms with Crippen molar-refractivity contribution >= 4 is 0 Å². The van der Waals surface area contributed by atoms with Crippen LogP contribution < -0.4 is 5.73 Å². The third-order valence-corrected chi connectivity index (χ3v) is 3.25. The van der Waals surface area contributed by atoms with Crippen molar-refractivity contribution in [3.63, 3.8) is 0 Å². The number of hydrogen-bond donors (Lipinski definition) is 2. The highest BCUT2D eigenvalue weighted by Crippen LogP contribution is 2.40. The zero-order valence-corrected chi connectivity index (χ0v) is 8.92. The van der Waals surface area contributed by atoms with Crippen LogP contribution in [0.3, 0.4) is 0 Å². The van der Waals surface area contributed by atoms with Crippen LogP contribution >= 0.6 is 0 Å². The van der Waals surface area contributed by atoms with Gasteiger partial charge in [-0.25, -0.2) is 0 Å². The molecule has 2 unspecified atom stereocenters. The second-order valence-electron chi connectivity index (χ2n) is 5.17. The van der Waals surface area contributed by atoms with Crippen LogP contribution in [-0.2, 0) is 0 Å². The molecule has 0 heterocycles. The topological polar surface area (TPSA) is 46.2 Å². The number of aliphatic hydroxyl groups excluding tert-OH is 1. The van der Waals surface area contributed by atoms with E-state index < -0.39 is 0 Å². The van der Waals surface area contributed by atoms with Crippen LogP contribution in [-0.4, -0.2) is 17.8 Å². The van der Waals surface area contributed by atoms with Crippen molar-refractivity contribution in [2.24, 2.45) is 17.1 Å². The van der Waals surface area contributed by atoms with E-state index >= 15 is 0 Å². The summed E-state index contributed by atoms with van der Waals surface area (Å²) in [6.45, 7) is 5.21. The summed E-state index contributed by atoms with van der Waals surface area (Å²) in [5.41, 5.74) is 5.87. The van der Waals surface area contributed by atoms with Crippen LogP contribution in [0.2, 0.25) is 0 Å². The maximum absolute atomic E-state index is 9.83. The largest absolute Gasteiger partial charge is 0.393 e. The molecule has 0 aromatic rings. The molecule has 1 aliphatic rings. The quantitative estimate of drug-likeness (QED) is 0.705. The van der Waals surface area contributed by atoms with Gasteiger partial charge in [-0.15, -0.1) is 0 Å². The highest BCUT2D eigenvalue weighted by molar-refractivity contribution is 4.83. The summed E-state index contributed by atoms with van der Waals surface area (Å²) in [5, 5.41) is 9.83. The molecule has 2 atom stereocenters. The molecule has 1 fully saturated rings. The fourth-order valence-electron chi connectivity index (χ4n) is 2.49. The van der Waals surface area contributed by atoms with E-state index in [1.807, 2.05) is 0 Å². The first kappa shape index (κ1) is 11.0. The summed E-state index contributed by atoms with van der Waals surface area (Å²) in [6, 6.07) is 0. The highest BCUT2D eigenvalue weighted by Gasteiger charge is 2.31. The van der Waals surface area contributed by atoms with Gasteiger partial charge in [0.1, 0.15) is 0 Å². The minimum absolute atomic E-state index is 0.162. The standard InChI is InChI=1S/C11H23NO/c1-11(2)6-3-4-9(8-11)10(13)5-7-12/h9-10,13H,3-8,12H2,1-2H3. The Hall–Kier alpha value is -0.0800. The Morgan fingerprint density at radius 1 is 1.54 bits per heavy atom. The normalized spacial score (nSPS) is 30.0. The second-order valence-corrected chi connectivity index (χ2v) is 5.17. The van der Waals surface area contributed by atoms with E-state index in [4.69, 9.17) is 5.73 Å². The lowest BCUT2D eigenvalue weighted by Gasteiger charge is -2.37. The molecule has 2 nitrogen and oxygen atoms in total. The summed E-state index contributed by atoms with van der Waals surface area (Å²) >= 11 is 0. The van der Waals surface area contributed by atoms with Gasteiger partial charge in [-0.05, 0) is 43.6 Å². The van der Waals surface area contributed by atoms with Gasteiger partial charge >= 0.3 is 0 Å². The maximum atomic E-state index is 9.83. The summed E-state index contributed by atoms with van der Waals surface area (Å²) in [6.07, 6.45) is 5.52. The summed E-state index contributed by atoms with van der Waals surface area (Å²) in [4.78, 5) is 0. The third-order valence-electron chi connectivity index (χ3n) is 3.25. The Morgan fingerprint density at radius 3 is 2.77 bits per heavy atom. The van der Waals surface area contributed by atoms with Crippen LogP contribution in [0, 0.1) is 11.3 Å². The minimum Gasteiger partial charge on any atom is -0.393 e. The number of hydrogen-bond acceptors (Lipinski definition) is 2. The van der Waals surface area contributed by atoms with E-state index in [-0.39, 0.29) is 6.10 Å². The summed E-state index contributed by atoms with van der Waals surface area (Å²) in [5.74, 6) is 0.493. The first-order valence-electron chi connectivity index (χ1n) is 5.43. The Balaban J connectivity index is 2.42. The van der Waals surface area contributed by atoms with Crippen LogP contribution in [0.1, 0.15) is 46.0 Å². The predicted octanol–water partition coefficient (Wildman–Crippen LogP) is 1.91. The molecule has 1 rings (SSSR count). The van der Waals surface area contributed by atoms with Crippen LogP contribution in [0.5, 0.6) is 0 Å². The molecule has 0 spiro atoms. The van der Waals surface area contributed by atoms with Gasteiger partial charge in [-0.3, -0.25) is 0 Å². The Morgan fingerprint density at radius 2 is 2.23 bits per heavy atom. The molecule has 3 N–H and O–H groups in total. The third kappa shape index (κ3) is 3.28. The van der Waals surface area contributed by atoms with Gasteiger partial charge in [-0.1, -0.05) is 20.3 Å². The predicted molar refractivity (Wildman–Crippen MR) is 55.4 cm³/mol. The second kappa shape index (κ2) is 4.43. The van der Waals surface area contributed by atoms with E-state index in [9.17, 15) is 5.11 Å². The molecule has 0 aliphatic heterocycles. The zero-order chi connectivity index (χ0) is 9.90. The van der Waals surface area contributed by atoms with Gasteiger partial charge in [0.2, 0.25) is 0 Å². The average Bonchev–Trinajstić information content (AvgIpc) is 2.03. The van der Waals surface area contributed by atoms with E-state index in [0.29, 0.717) is 17.9 Å². The summed E-state index contributed by atoms with van der Waals surface area (Å²) in [7, 11) is 0. The zero-order valence-electron chi connectivity index (χ0n) is 8.92. The number of nitrogens with two attached hydrogens (primary N) is 1. The van der Waals surface area contributed by atoms with Crippen molar-refractivity contribution in [3.05, 3.63) is 0 Å². The van der Waals surface area contributed by atoms with Gasteiger partial charge in [-0.2, -0.15) is 0 Å². The monoisotopic (exact) mass is 185 g/mol. The molecule has 78 valence electrons. The number of rotatable bonds is 3. The van der Waals surface area contributed by atoms with Crippen molar-refractivity contribution in [2.45, 2.75) is 52.1 Å². The lowest BCUT2D eigenvalue weighted by Crippen LogP contribution is -2.31. The smallest absolute Gasteiger partial charge is 0.0580 e. The van der Waals surface area contributed by atoms with Crippen LogP contribution in [0.4, 0.5) is 0 Å². The fraction of sp³-hybridized carbons (Fsp3) is 1.00. The van der Waals surface area contributed by atoms with E-state index in [0.717, 1.165) is 12.8 Å². The first-order chi connectivity index (χ1) is 6.05. The average molecular weight is 185 g/mol. The maximum Gasteiger partial charge on any atom is 0.0580 e. The molecule has 0 aromatic carbocycles. The van der Waals surface area contributed by atoms with Gasteiger partial charge in [0, 0.05) is 0 Å². The summed E-state index contributed by atoms with van der Waals surface area (Å²) < 4.78 is 0. The molecule has 1 saturated carbocycles. The van der Waals surface area contributed by atoms with Gasteiger partial charge in [0.15, 0.2) is 0 Å². The Labute approximate surface area is 81.5 Å². The van der Waals surface area contributed by atoms with Crippen molar-refractivity contribution in [1.82, 2.24) is 0 Å². The van der Waals surface area contributed by atoms with Crippen molar-refractivity contribution in [2.75, 3.05) is 6.54 Å². The van der Waals surface area contributed by atoms with E-state index in [1.54, 1.807) is 0 Å². The SMILES string of the molecule is CC1(C)CCCC(C(O)CCN)C1. The molecular formula is C11H23NO. The molecule has 2 heteroatoms. The molecule has 13 heavy (non-hydrogen) atoms. The molecule has 0 aromatic heterocycles. The molecule has 0 amide bonds. The van der Waals surface area contributed by atoms with Gasteiger partial charge in [0.25, 0.3) is 0 Å². The minimum atomic E-state index is -0.162. The molecule has 0 radical (unpaired) electrons. The van der Waals surface area contributed by atoms with Gasteiger partial charge < -0.3 is 10.8 Å². The molecule has 0 saturated heterocycles. The van der Waals surface area contributed by atoms with Crippen LogP contribution in [0.25, 0.3) is 0 Å². The van der Waals surface area contributed by atoms with Crippen molar-refractivity contribution in [3.8, 4) is 0 Å². The molecular weight excluding hydrogens is 162 g/mol. The van der Waals surface area contributed by atoms with Crippen molar-refractivity contribution in [1.29, 1.82) is 0 Å². The number of aliphatic hydroxyl groups is 1. The van der Waals surface area contributed by atoms with E-state index in [2.05, 4.69) is 13.8 Å². The van der Waals surface area contributed by atoms with Crippen molar-refractivity contribution < 1.29 is 5.11 Å². The van der Waals surface area contributed by atoms with Crippen LogP contribution in [0.15, 0.2) is 0 Å². The Bertz CT molecular complexity index is 156. The van der Waals surface area contributed by atoms with Gasteiger partial charge in [0.05, 0.1) is 6.10 Å². The lowest BCUT2D eigenvalue weighted by atomic mass is 9.70. The lowest BCUT2D eigenvalue weighted by molar-refractivity contribution is 0.0429. The highest BCUT2D eigenvalue weighted by atomic mass is 16.3. The fourth-order valence-corrected chi connectivity index (χ4v) is 2.49.